The number of alkyl halides is 3. The molecule has 2 aromatic rings. The first-order chi connectivity index (χ1) is 12.8. The van der Waals surface area contributed by atoms with Gasteiger partial charge in [-0.3, -0.25) is 9.63 Å². The van der Waals surface area contributed by atoms with Crippen molar-refractivity contribution in [3.63, 3.8) is 0 Å². The van der Waals surface area contributed by atoms with Crippen LogP contribution in [0.3, 0.4) is 0 Å². The van der Waals surface area contributed by atoms with Gasteiger partial charge in [0.1, 0.15) is 12.3 Å². The topological polar surface area (TPSA) is 90.1 Å². The maximum absolute atomic E-state index is 12.5. The molecule has 0 aliphatic heterocycles. The minimum atomic E-state index is -4.70. The predicted molar refractivity (Wildman–Crippen MR) is 87.0 cm³/mol. The molecule has 0 saturated heterocycles. The van der Waals surface area contributed by atoms with Crippen molar-refractivity contribution in [1.29, 1.82) is 0 Å². The van der Waals surface area contributed by atoms with Crippen LogP contribution in [0.2, 0.25) is 0 Å². The molecule has 1 amide bonds. The molecule has 0 radical (unpaired) electrons. The summed E-state index contributed by atoms with van der Waals surface area (Å²) in [5.41, 5.74) is 1.11. The summed E-state index contributed by atoms with van der Waals surface area (Å²) in [7, 11) is 1.33. The lowest BCUT2D eigenvalue weighted by Gasteiger charge is -2.19. The molecule has 11 heteroatoms. The van der Waals surface area contributed by atoms with Crippen LogP contribution < -0.4 is 0 Å². The Bertz CT molecular complexity index is 803. The molecule has 27 heavy (non-hydrogen) atoms. The Hall–Kier alpha value is -2.95. The van der Waals surface area contributed by atoms with E-state index in [-0.39, 0.29) is 18.1 Å². The summed E-state index contributed by atoms with van der Waals surface area (Å²) >= 11 is 0. The van der Waals surface area contributed by atoms with Gasteiger partial charge in [-0.1, -0.05) is 34.6 Å². The third-order valence-corrected chi connectivity index (χ3v) is 3.29. The molecule has 0 saturated carbocycles. The molecule has 0 fully saturated rings. The van der Waals surface area contributed by atoms with E-state index in [1.165, 1.54) is 26.2 Å². The van der Waals surface area contributed by atoms with Crippen molar-refractivity contribution < 1.29 is 32.2 Å². The van der Waals surface area contributed by atoms with Crippen LogP contribution in [-0.4, -0.2) is 40.5 Å². The average molecular weight is 386 g/mol. The summed E-state index contributed by atoms with van der Waals surface area (Å²) in [5, 5.41) is 8.04. The molecule has 0 spiro atoms. The summed E-state index contributed by atoms with van der Waals surface area (Å²) in [6, 6.07) is 6.24. The van der Waals surface area contributed by atoms with Crippen molar-refractivity contribution in [2.24, 2.45) is 5.16 Å². The second-order valence-corrected chi connectivity index (χ2v) is 5.24. The van der Waals surface area contributed by atoms with Crippen molar-refractivity contribution in [2.75, 3.05) is 13.7 Å². The van der Waals surface area contributed by atoms with Gasteiger partial charge in [0.15, 0.2) is 0 Å². The van der Waals surface area contributed by atoms with Gasteiger partial charge < -0.3 is 9.36 Å². The van der Waals surface area contributed by atoms with Crippen LogP contribution in [0.15, 0.2) is 33.9 Å². The van der Waals surface area contributed by atoms with Gasteiger partial charge in [-0.25, -0.2) is 5.06 Å². The summed E-state index contributed by atoms with van der Waals surface area (Å²) < 4.78 is 41.7. The van der Waals surface area contributed by atoms with Gasteiger partial charge in [-0.05, 0) is 19.4 Å². The molecule has 1 aromatic heterocycles. The van der Waals surface area contributed by atoms with E-state index in [1.807, 2.05) is 0 Å². The van der Waals surface area contributed by atoms with E-state index in [9.17, 15) is 18.0 Å². The minimum absolute atomic E-state index is 0.0919. The molecule has 0 atom stereocenters. The summed E-state index contributed by atoms with van der Waals surface area (Å²) in [4.78, 5) is 25.4. The number of halogens is 3. The van der Waals surface area contributed by atoms with Crippen LogP contribution in [0.25, 0.3) is 11.4 Å². The molecule has 0 unspecified atom stereocenters. The van der Waals surface area contributed by atoms with Gasteiger partial charge in [-0.2, -0.15) is 18.2 Å². The second kappa shape index (κ2) is 8.62. The maximum Gasteiger partial charge on any atom is 0.471 e. The van der Waals surface area contributed by atoms with Gasteiger partial charge in [0, 0.05) is 5.56 Å². The van der Waals surface area contributed by atoms with Crippen molar-refractivity contribution in [3.05, 3.63) is 35.7 Å². The van der Waals surface area contributed by atoms with Crippen molar-refractivity contribution >= 4 is 11.6 Å². The zero-order chi connectivity index (χ0) is 20.0. The number of carbonyl (C=O) groups excluding carboxylic acids is 1. The van der Waals surface area contributed by atoms with E-state index in [4.69, 9.17) is 9.68 Å². The van der Waals surface area contributed by atoms with Crippen LogP contribution in [0.5, 0.6) is 0 Å². The SMILES string of the molecule is CCO/N=C(\C)C(=O)N(Cc1ccc(-c2noc(C(F)(F)F)n2)cc1)OC. The van der Waals surface area contributed by atoms with E-state index in [2.05, 4.69) is 19.8 Å². The number of hydrogen-bond acceptors (Lipinski definition) is 7. The third-order valence-electron chi connectivity index (χ3n) is 3.29. The molecular weight excluding hydrogens is 369 g/mol. The molecule has 2 rings (SSSR count). The lowest BCUT2D eigenvalue weighted by Crippen LogP contribution is -2.34. The Morgan fingerprint density at radius 2 is 1.96 bits per heavy atom. The standard InChI is InChI=1S/C16H17F3N4O4/c1-4-26-21-10(2)14(24)23(25-3)9-11-5-7-12(8-6-11)13-20-15(27-22-13)16(17,18)19/h5-8H,4,9H2,1-3H3/b21-10+. The van der Waals surface area contributed by atoms with Gasteiger partial charge in [0.05, 0.1) is 13.7 Å². The number of amides is 1. The van der Waals surface area contributed by atoms with E-state index in [0.717, 1.165) is 5.06 Å². The number of benzene rings is 1. The first kappa shape index (κ1) is 20.4. The van der Waals surface area contributed by atoms with Gasteiger partial charge in [-0.15, -0.1) is 0 Å². The van der Waals surface area contributed by atoms with Crippen molar-refractivity contribution in [3.8, 4) is 11.4 Å². The highest BCUT2D eigenvalue weighted by atomic mass is 19.4. The number of rotatable bonds is 7. The number of hydrogen-bond donors (Lipinski definition) is 0. The van der Waals surface area contributed by atoms with E-state index >= 15 is 0 Å². The van der Waals surface area contributed by atoms with E-state index < -0.39 is 18.0 Å². The van der Waals surface area contributed by atoms with Crippen LogP contribution in [0, 0.1) is 0 Å². The molecule has 0 aliphatic rings. The Labute approximate surface area is 152 Å². The zero-order valence-corrected chi connectivity index (χ0v) is 14.8. The van der Waals surface area contributed by atoms with E-state index in [1.54, 1.807) is 19.1 Å². The van der Waals surface area contributed by atoms with Gasteiger partial charge in [0.25, 0.3) is 5.91 Å². The second-order valence-electron chi connectivity index (χ2n) is 5.24. The number of oxime groups is 1. The number of nitrogens with zero attached hydrogens (tertiary/aromatic N) is 4. The first-order valence-corrected chi connectivity index (χ1v) is 7.79. The third kappa shape index (κ3) is 5.26. The smallest absolute Gasteiger partial charge is 0.396 e. The highest BCUT2D eigenvalue weighted by Crippen LogP contribution is 2.29. The fourth-order valence-electron chi connectivity index (χ4n) is 1.98. The molecule has 1 heterocycles. The molecule has 1 aromatic carbocycles. The quantitative estimate of drug-likeness (QED) is 0.537. The van der Waals surface area contributed by atoms with Crippen LogP contribution in [-0.2, 0) is 27.2 Å². The number of hydroxylamine groups is 2. The number of aromatic nitrogens is 2. The lowest BCUT2D eigenvalue weighted by molar-refractivity contribution is -0.171. The maximum atomic E-state index is 12.5. The largest absolute Gasteiger partial charge is 0.471 e. The summed E-state index contributed by atoms with van der Waals surface area (Å²) in [6.07, 6.45) is -4.70. The Balaban J connectivity index is 2.10. The molecule has 0 N–H and O–H groups in total. The fraction of sp³-hybridized carbons (Fsp3) is 0.375. The number of carbonyl (C=O) groups is 1. The van der Waals surface area contributed by atoms with Crippen LogP contribution in [0.1, 0.15) is 25.3 Å². The highest BCUT2D eigenvalue weighted by Gasteiger charge is 2.38. The van der Waals surface area contributed by atoms with E-state index in [0.29, 0.717) is 17.7 Å². The first-order valence-electron chi connectivity index (χ1n) is 7.79. The molecule has 8 nitrogen and oxygen atoms in total. The Morgan fingerprint density at radius 1 is 1.30 bits per heavy atom. The normalized spacial score (nSPS) is 12.1. The van der Waals surface area contributed by atoms with Gasteiger partial charge in [0.2, 0.25) is 5.82 Å². The molecular formula is C16H17F3N4O4. The highest BCUT2D eigenvalue weighted by molar-refractivity contribution is 6.37. The van der Waals surface area contributed by atoms with Crippen LogP contribution >= 0.6 is 0 Å². The lowest BCUT2D eigenvalue weighted by atomic mass is 10.1. The molecule has 0 bridgehead atoms. The summed E-state index contributed by atoms with van der Waals surface area (Å²) in [6.45, 7) is 3.64. The van der Waals surface area contributed by atoms with Gasteiger partial charge >= 0.3 is 12.1 Å². The summed E-state index contributed by atoms with van der Waals surface area (Å²) in [5.74, 6) is -2.09. The van der Waals surface area contributed by atoms with Crippen LogP contribution in [0.4, 0.5) is 13.2 Å². The monoisotopic (exact) mass is 386 g/mol. The van der Waals surface area contributed by atoms with Crippen molar-refractivity contribution in [2.45, 2.75) is 26.6 Å². The Morgan fingerprint density at radius 3 is 2.48 bits per heavy atom. The average Bonchev–Trinajstić information content (AvgIpc) is 3.14. The molecule has 0 aliphatic carbocycles. The Kier molecular flexibility index (Phi) is 6.50. The zero-order valence-electron chi connectivity index (χ0n) is 14.8. The molecule has 146 valence electrons. The predicted octanol–water partition coefficient (Wildman–Crippen LogP) is 3.06. The fourth-order valence-corrected chi connectivity index (χ4v) is 1.98. The van der Waals surface area contributed by atoms with Crippen molar-refractivity contribution in [1.82, 2.24) is 15.2 Å². The minimum Gasteiger partial charge on any atom is -0.396 e.